The molecule has 0 saturated carbocycles. The Hall–Kier alpha value is -5.25. The van der Waals surface area contributed by atoms with E-state index < -0.39 is 48.4 Å². The Bertz CT molecular complexity index is 2010. The summed E-state index contributed by atoms with van der Waals surface area (Å²) >= 11 is 6.42. The van der Waals surface area contributed by atoms with E-state index in [1.807, 2.05) is 42.5 Å². The van der Waals surface area contributed by atoms with Gasteiger partial charge in [-0.05, 0) is 75.3 Å². The minimum Gasteiger partial charge on any atom is -0.480 e. The highest BCUT2D eigenvalue weighted by molar-refractivity contribution is 6.31. The van der Waals surface area contributed by atoms with Gasteiger partial charge in [0.1, 0.15) is 12.6 Å². The number of carbonyl (C=O) groups is 5. The number of hydrogen-bond donors (Lipinski definition) is 4. The lowest BCUT2D eigenvalue weighted by Gasteiger charge is -2.31. The molecule has 60 heavy (non-hydrogen) atoms. The second-order valence-electron chi connectivity index (χ2n) is 13.6. The molecule has 16 heteroatoms. The monoisotopic (exact) mass is 868 g/mol. The highest BCUT2D eigenvalue weighted by atomic mass is 35.5. The van der Waals surface area contributed by atoms with Crippen molar-refractivity contribution in [1.82, 2.24) is 10.6 Å². The molecule has 0 aromatic heterocycles. The van der Waals surface area contributed by atoms with Crippen molar-refractivity contribution in [3.8, 4) is 0 Å². The van der Waals surface area contributed by atoms with Gasteiger partial charge in [0, 0.05) is 23.0 Å². The molecule has 1 amide bonds. The second kappa shape index (κ2) is 24.7. The lowest BCUT2D eigenvalue weighted by Crippen LogP contribution is -2.53. The number of hydrogen-bond acceptors (Lipinski definition) is 12. The number of dihydropyridines is 1. The van der Waals surface area contributed by atoms with Gasteiger partial charge in [-0.25, -0.2) is 9.59 Å². The smallest absolute Gasteiger partial charge is 0.336 e. The minimum absolute atomic E-state index is 0. The molecule has 0 spiro atoms. The fraction of sp³-hybridized carbons (Fsp3) is 0.386. The number of para-hydroxylation sites is 1. The molecule has 0 bridgehead atoms. The van der Waals surface area contributed by atoms with Gasteiger partial charge in [-0.3, -0.25) is 24.6 Å². The zero-order valence-electron chi connectivity index (χ0n) is 34.2. The number of rotatable bonds is 17. The molecule has 0 radical (unpaired) electrons. The lowest BCUT2D eigenvalue weighted by molar-refractivity contribution is -0.146. The summed E-state index contributed by atoms with van der Waals surface area (Å²) in [4.78, 5) is 64.1. The predicted octanol–water partition coefficient (Wildman–Crippen LogP) is 5.26. The van der Waals surface area contributed by atoms with Gasteiger partial charge in [0.25, 0.3) is 0 Å². The van der Waals surface area contributed by atoms with Crippen LogP contribution in [0.2, 0.25) is 5.02 Å². The van der Waals surface area contributed by atoms with Crippen molar-refractivity contribution >= 4 is 59.5 Å². The van der Waals surface area contributed by atoms with E-state index in [2.05, 4.69) is 10.6 Å². The number of aryl methyl sites for hydroxylation is 2. The number of amides is 1. The lowest BCUT2D eigenvalue weighted by atomic mass is 9.80. The number of allylic oxidation sites excluding steroid dienone is 1. The SMILES string of the molecule is CCOC(=O)C1=C(COCCN)NC(C)=C(C(=O)OC)C1c1ccccc1Cl.CCOC(=O)[C@H](CCc1ccccc1)N[C@H]1CCc2ccccc2N(CC(=O)O)C1=O.Cl. The molecular formula is C44H54Cl2N4O10. The summed E-state index contributed by atoms with van der Waals surface area (Å²) in [6, 6.07) is 22.8. The fourth-order valence-electron chi connectivity index (χ4n) is 7.00. The molecule has 1 unspecified atom stereocenters. The molecule has 324 valence electrons. The molecule has 5 rings (SSSR count). The van der Waals surface area contributed by atoms with E-state index in [1.165, 1.54) is 12.0 Å². The van der Waals surface area contributed by atoms with Crippen LogP contribution in [-0.4, -0.2) is 93.6 Å². The number of nitrogens with two attached hydrogens (primary N) is 1. The van der Waals surface area contributed by atoms with Crippen molar-refractivity contribution in [2.45, 2.75) is 64.5 Å². The number of fused-ring (bicyclic) bond motifs is 1. The highest BCUT2D eigenvalue weighted by Crippen LogP contribution is 2.42. The number of methoxy groups -OCH3 is 1. The first-order chi connectivity index (χ1) is 28.4. The number of aliphatic carboxylic acids is 1. The Morgan fingerprint density at radius 3 is 2.27 bits per heavy atom. The molecule has 2 aliphatic rings. The first-order valence-corrected chi connectivity index (χ1v) is 19.9. The number of nitrogens with zero attached hydrogens (tertiary/aromatic N) is 1. The number of carboxylic acids is 1. The molecule has 14 nitrogen and oxygen atoms in total. The Morgan fingerprint density at radius 1 is 0.950 bits per heavy atom. The number of anilines is 1. The summed E-state index contributed by atoms with van der Waals surface area (Å²) in [5.74, 6) is -3.70. The highest BCUT2D eigenvalue weighted by Gasteiger charge is 2.40. The maximum Gasteiger partial charge on any atom is 0.336 e. The van der Waals surface area contributed by atoms with Crippen LogP contribution in [-0.2, 0) is 55.8 Å². The van der Waals surface area contributed by atoms with Gasteiger partial charge in [-0.15, -0.1) is 12.4 Å². The first kappa shape index (κ1) is 49.1. The van der Waals surface area contributed by atoms with E-state index in [-0.39, 0.29) is 43.7 Å². The number of benzene rings is 3. The molecule has 2 heterocycles. The number of nitrogens with one attached hydrogen (secondary N) is 2. The van der Waals surface area contributed by atoms with Crippen LogP contribution in [0.15, 0.2) is 101 Å². The summed E-state index contributed by atoms with van der Waals surface area (Å²) in [7, 11) is 1.29. The average Bonchev–Trinajstić information content (AvgIpc) is 3.35. The van der Waals surface area contributed by atoms with Gasteiger partial charge in [0.05, 0.1) is 62.3 Å². The summed E-state index contributed by atoms with van der Waals surface area (Å²) in [6.45, 7) is 5.98. The molecule has 3 aromatic rings. The minimum atomic E-state index is -1.09. The van der Waals surface area contributed by atoms with Crippen molar-refractivity contribution < 1.29 is 48.0 Å². The Kier molecular flexibility index (Phi) is 20.3. The van der Waals surface area contributed by atoms with Gasteiger partial charge in [0.2, 0.25) is 5.91 Å². The van der Waals surface area contributed by atoms with E-state index in [0.29, 0.717) is 72.1 Å². The van der Waals surface area contributed by atoms with Crippen molar-refractivity contribution in [1.29, 1.82) is 0 Å². The molecule has 0 saturated heterocycles. The van der Waals surface area contributed by atoms with Gasteiger partial charge in [-0.1, -0.05) is 78.3 Å². The fourth-order valence-corrected chi connectivity index (χ4v) is 7.24. The molecule has 3 aromatic carbocycles. The van der Waals surface area contributed by atoms with Gasteiger partial charge < -0.3 is 35.1 Å². The van der Waals surface area contributed by atoms with E-state index in [1.54, 1.807) is 57.2 Å². The van der Waals surface area contributed by atoms with Crippen LogP contribution in [0, 0.1) is 0 Å². The first-order valence-electron chi connectivity index (χ1n) is 19.5. The summed E-state index contributed by atoms with van der Waals surface area (Å²) in [5, 5.41) is 16.1. The van der Waals surface area contributed by atoms with Crippen LogP contribution in [0.4, 0.5) is 5.69 Å². The van der Waals surface area contributed by atoms with Crippen LogP contribution < -0.4 is 21.3 Å². The molecule has 3 atom stereocenters. The van der Waals surface area contributed by atoms with Crippen molar-refractivity contribution in [3.63, 3.8) is 0 Å². The Morgan fingerprint density at radius 2 is 1.62 bits per heavy atom. The number of halogens is 2. The van der Waals surface area contributed by atoms with Gasteiger partial charge in [-0.2, -0.15) is 0 Å². The third-order valence-corrected chi connectivity index (χ3v) is 9.99. The normalized spacial score (nSPS) is 16.5. The van der Waals surface area contributed by atoms with Crippen molar-refractivity contribution in [2.75, 3.05) is 51.5 Å². The van der Waals surface area contributed by atoms with Crippen LogP contribution in [0.3, 0.4) is 0 Å². The van der Waals surface area contributed by atoms with Crippen LogP contribution in [0.25, 0.3) is 0 Å². The summed E-state index contributed by atoms with van der Waals surface area (Å²) in [6.07, 6.45) is 2.19. The molecule has 5 N–H and O–H groups in total. The van der Waals surface area contributed by atoms with E-state index in [4.69, 9.17) is 36.3 Å². The van der Waals surface area contributed by atoms with Crippen molar-refractivity contribution in [3.05, 3.63) is 123 Å². The largest absolute Gasteiger partial charge is 0.480 e. The topological polar surface area (TPSA) is 196 Å². The quantitative estimate of drug-likeness (QED) is 0.0780. The third-order valence-electron chi connectivity index (χ3n) is 9.65. The third kappa shape index (κ3) is 13.1. The summed E-state index contributed by atoms with van der Waals surface area (Å²) < 4.78 is 21.0. The van der Waals surface area contributed by atoms with Crippen LogP contribution in [0.5, 0.6) is 0 Å². The number of carboxylic acid groups (broad SMARTS) is 1. The summed E-state index contributed by atoms with van der Waals surface area (Å²) in [5.41, 5.74) is 10.3. The van der Waals surface area contributed by atoms with E-state index in [9.17, 15) is 29.1 Å². The molecular weight excluding hydrogens is 815 g/mol. The van der Waals surface area contributed by atoms with E-state index >= 15 is 0 Å². The van der Waals surface area contributed by atoms with Gasteiger partial charge >= 0.3 is 23.9 Å². The predicted molar refractivity (Wildman–Crippen MR) is 230 cm³/mol. The second-order valence-corrected chi connectivity index (χ2v) is 14.0. The molecule has 0 fully saturated rings. The average molecular weight is 870 g/mol. The zero-order valence-corrected chi connectivity index (χ0v) is 35.8. The maximum absolute atomic E-state index is 13.3. The molecule has 0 aliphatic carbocycles. The van der Waals surface area contributed by atoms with E-state index in [0.717, 1.165) is 11.1 Å². The number of carbonyl (C=O) groups excluding carboxylic acids is 4. The standard InChI is InChI=1S/C24H28N2O5.C20H25ClN2O5.ClH/c1-2-31-24(30)20(14-12-17-8-4-3-5-9-17)25-19-15-13-18-10-6-7-11-21(18)26(23(19)29)16-22(27)28;1-4-28-20(25)18-15(11-27-10-9-22)23-12(2)16(19(24)26-3)17(18)13-7-5-6-8-14(13)21;/h3-11,19-20,25H,2,12-16H2,1H3,(H,27,28);5-8,17,23H,4,9-11,22H2,1-3H3;1H/t19-,20-;;/m0../s1. The maximum atomic E-state index is 13.3. The van der Waals surface area contributed by atoms with Crippen LogP contribution >= 0.6 is 24.0 Å². The number of esters is 3. The Balaban J connectivity index is 0.000000317. The Labute approximate surface area is 361 Å². The van der Waals surface area contributed by atoms with Gasteiger partial charge in [0.15, 0.2) is 0 Å². The zero-order chi connectivity index (χ0) is 42.9. The number of ether oxygens (including phenoxy) is 4. The van der Waals surface area contributed by atoms with Crippen molar-refractivity contribution in [2.24, 2.45) is 5.73 Å². The van der Waals surface area contributed by atoms with Crippen LogP contribution in [0.1, 0.15) is 56.2 Å². The molecule has 2 aliphatic heterocycles.